The number of anilines is 1. The lowest BCUT2D eigenvalue weighted by Gasteiger charge is -2.45. The smallest absolute Gasteiger partial charge is 0.128 e. The van der Waals surface area contributed by atoms with Crippen molar-refractivity contribution in [3.8, 4) is 0 Å². The molecule has 4 nitrogen and oxygen atoms in total. The molecule has 2 unspecified atom stereocenters. The summed E-state index contributed by atoms with van der Waals surface area (Å²) in [7, 11) is 0. The summed E-state index contributed by atoms with van der Waals surface area (Å²) in [5.41, 5.74) is 7.35. The Bertz CT molecular complexity index is 428. The van der Waals surface area contributed by atoms with E-state index in [0.717, 1.165) is 18.5 Å². The standard InChI is InChI=1S/C16H28N4/c1-4-16(3,20-11-6-7-12-20)14(18-5-2)13-9-8-10-19-15(13)17/h8-10,14,18H,4-7,11-12H2,1-3H3,(H2,17,19). The van der Waals surface area contributed by atoms with E-state index in [-0.39, 0.29) is 11.6 Å². The average Bonchev–Trinajstić information content (AvgIpc) is 3.00. The topological polar surface area (TPSA) is 54.2 Å². The van der Waals surface area contributed by atoms with Gasteiger partial charge in [-0.25, -0.2) is 4.98 Å². The number of hydrogen-bond acceptors (Lipinski definition) is 4. The molecule has 1 aromatic rings. The Morgan fingerprint density at radius 1 is 1.40 bits per heavy atom. The molecule has 20 heavy (non-hydrogen) atoms. The summed E-state index contributed by atoms with van der Waals surface area (Å²) < 4.78 is 0. The molecule has 3 N–H and O–H groups in total. The van der Waals surface area contributed by atoms with Crippen LogP contribution in [-0.2, 0) is 0 Å². The van der Waals surface area contributed by atoms with Crippen LogP contribution in [0.25, 0.3) is 0 Å². The van der Waals surface area contributed by atoms with Crippen LogP contribution in [0.3, 0.4) is 0 Å². The molecule has 2 atom stereocenters. The number of hydrogen-bond donors (Lipinski definition) is 2. The molecular formula is C16H28N4. The number of likely N-dealkylation sites (N-methyl/N-ethyl adjacent to an activating group) is 1. The van der Waals surface area contributed by atoms with Crippen LogP contribution < -0.4 is 11.1 Å². The van der Waals surface area contributed by atoms with Crippen LogP contribution in [0.5, 0.6) is 0 Å². The van der Waals surface area contributed by atoms with Gasteiger partial charge in [0.1, 0.15) is 5.82 Å². The highest BCUT2D eigenvalue weighted by Gasteiger charge is 2.40. The van der Waals surface area contributed by atoms with Crippen LogP contribution in [0, 0.1) is 0 Å². The molecular weight excluding hydrogens is 248 g/mol. The first-order valence-corrected chi connectivity index (χ1v) is 7.82. The number of rotatable bonds is 6. The molecule has 2 rings (SSSR count). The van der Waals surface area contributed by atoms with E-state index in [4.69, 9.17) is 5.73 Å². The van der Waals surface area contributed by atoms with Gasteiger partial charge in [0.25, 0.3) is 0 Å². The lowest BCUT2D eigenvalue weighted by molar-refractivity contribution is 0.0848. The minimum Gasteiger partial charge on any atom is -0.383 e. The molecule has 1 aliphatic heterocycles. The molecule has 4 heteroatoms. The molecule has 0 spiro atoms. The van der Waals surface area contributed by atoms with E-state index >= 15 is 0 Å². The predicted octanol–water partition coefficient (Wildman–Crippen LogP) is 2.58. The molecule has 1 fully saturated rings. The monoisotopic (exact) mass is 276 g/mol. The Balaban J connectivity index is 2.37. The van der Waals surface area contributed by atoms with Crippen molar-refractivity contribution in [2.24, 2.45) is 0 Å². The highest BCUT2D eigenvalue weighted by Crippen LogP contribution is 2.37. The molecule has 0 aromatic carbocycles. The van der Waals surface area contributed by atoms with Crippen LogP contribution in [0.15, 0.2) is 18.3 Å². The first-order chi connectivity index (χ1) is 9.63. The van der Waals surface area contributed by atoms with Crippen LogP contribution >= 0.6 is 0 Å². The predicted molar refractivity (Wildman–Crippen MR) is 84.6 cm³/mol. The number of aromatic nitrogens is 1. The molecule has 0 bridgehead atoms. The Labute approximate surface area is 122 Å². The molecule has 2 heterocycles. The zero-order valence-corrected chi connectivity index (χ0v) is 13.0. The van der Waals surface area contributed by atoms with E-state index in [0.29, 0.717) is 5.82 Å². The first-order valence-electron chi connectivity index (χ1n) is 7.82. The van der Waals surface area contributed by atoms with Gasteiger partial charge in [0.15, 0.2) is 0 Å². The van der Waals surface area contributed by atoms with Crippen molar-refractivity contribution in [3.63, 3.8) is 0 Å². The van der Waals surface area contributed by atoms with Gasteiger partial charge in [0.05, 0.1) is 6.04 Å². The second kappa shape index (κ2) is 6.55. The van der Waals surface area contributed by atoms with Crippen LogP contribution in [-0.4, -0.2) is 35.1 Å². The molecule has 112 valence electrons. The largest absolute Gasteiger partial charge is 0.383 e. The number of nitrogens with two attached hydrogens (primary N) is 1. The summed E-state index contributed by atoms with van der Waals surface area (Å²) in [6.45, 7) is 10.1. The van der Waals surface area contributed by atoms with Gasteiger partial charge in [0.2, 0.25) is 0 Å². The minimum atomic E-state index is 0.0870. The first kappa shape index (κ1) is 15.3. The second-order valence-corrected chi connectivity index (χ2v) is 5.87. The molecule has 0 saturated carbocycles. The summed E-state index contributed by atoms with van der Waals surface area (Å²) in [6, 6.07) is 4.32. The van der Waals surface area contributed by atoms with Crippen molar-refractivity contribution in [1.82, 2.24) is 15.2 Å². The SMILES string of the molecule is CCNC(c1cccnc1N)C(C)(CC)N1CCCC1. The summed E-state index contributed by atoms with van der Waals surface area (Å²) in [4.78, 5) is 6.89. The van der Waals surface area contributed by atoms with E-state index < -0.39 is 0 Å². The van der Waals surface area contributed by atoms with Crippen molar-refractivity contribution < 1.29 is 0 Å². The highest BCUT2D eigenvalue weighted by atomic mass is 15.2. The summed E-state index contributed by atoms with van der Waals surface area (Å²) in [6.07, 6.45) is 5.47. The van der Waals surface area contributed by atoms with Gasteiger partial charge in [-0.2, -0.15) is 0 Å². The van der Waals surface area contributed by atoms with Gasteiger partial charge in [-0.15, -0.1) is 0 Å². The number of nitrogens with zero attached hydrogens (tertiary/aromatic N) is 2. The molecule has 1 saturated heterocycles. The van der Waals surface area contributed by atoms with E-state index in [1.807, 2.05) is 6.07 Å². The minimum absolute atomic E-state index is 0.0870. The van der Waals surface area contributed by atoms with Gasteiger partial charge < -0.3 is 11.1 Å². The maximum absolute atomic E-state index is 6.13. The second-order valence-electron chi connectivity index (χ2n) is 5.87. The molecule has 0 amide bonds. The molecule has 1 aliphatic rings. The fraction of sp³-hybridized carbons (Fsp3) is 0.688. The van der Waals surface area contributed by atoms with Gasteiger partial charge >= 0.3 is 0 Å². The Morgan fingerprint density at radius 3 is 2.65 bits per heavy atom. The van der Waals surface area contributed by atoms with E-state index in [9.17, 15) is 0 Å². The fourth-order valence-electron chi connectivity index (χ4n) is 3.38. The average molecular weight is 276 g/mol. The van der Waals surface area contributed by atoms with Crippen molar-refractivity contribution in [1.29, 1.82) is 0 Å². The van der Waals surface area contributed by atoms with Crippen LogP contribution in [0.4, 0.5) is 5.82 Å². The normalized spacial score (nSPS) is 20.8. The van der Waals surface area contributed by atoms with Crippen LogP contribution in [0.2, 0.25) is 0 Å². The number of pyridine rings is 1. The lowest BCUT2D eigenvalue weighted by atomic mass is 9.83. The Morgan fingerprint density at radius 2 is 2.10 bits per heavy atom. The quantitative estimate of drug-likeness (QED) is 0.838. The summed E-state index contributed by atoms with van der Waals surface area (Å²) in [5.74, 6) is 0.650. The third kappa shape index (κ3) is 2.81. The maximum Gasteiger partial charge on any atom is 0.128 e. The van der Waals surface area contributed by atoms with Gasteiger partial charge in [-0.05, 0) is 51.9 Å². The molecule has 0 radical (unpaired) electrons. The zero-order chi connectivity index (χ0) is 14.6. The summed E-state index contributed by atoms with van der Waals surface area (Å²) in [5, 5.41) is 3.65. The van der Waals surface area contributed by atoms with Gasteiger partial charge in [-0.3, -0.25) is 4.90 Å². The van der Waals surface area contributed by atoms with Gasteiger partial charge in [-0.1, -0.05) is 19.9 Å². The Kier molecular flexibility index (Phi) is 5.00. The molecule has 0 aliphatic carbocycles. The van der Waals surface area contributed by atoms with E-state index in [1.165, 1.54) is 25.9 Å². The third-order valence-corrected chi connectivity index (χ3v) is 4.76. The van der Waals surface area contributed by atoms with Crippen molar-refractivity contribution in [3.05, 3.63) is 23.9 Å². The van der Waals surface area contributed by atoms with Crippen LogP contribution in [0.1, 0.15) is 51.6 Å². The highest BCUT2D eigenvalue weighted by molar-refractivity contribution is 5.42. The number of likely N-dealkylation sites (tertiary alicyclic amines) is 1. The van der Waals surface area contributed by atoms with Crippen molar-refractivity contribution >= 4 is 5.82 Å². The van der Waals surface area contributed by atoms with E-state index in [1.54, 1.807) is 6.20 Å². The van der Waals surface area contributed by atoms with Crippen molar-refractivity contribution in [2.45, 2.75) is 51.6 Å². The van der Waals surface area contributed by atoms with Crippen molar-refractivity contribution in [2.75, 3.05) is 25.4 Å². The fourth-order valence-corrected chi connectivity index (χ4v) is 3.38. The van der Waals surface area contributed by atoms with Gasteiger partial charge in [0, 0.05) is 17.3 Å². The molecule has 1 aromatic heterocycles. The zero-order valence-electron chi connectivity index (χ0n) is 13.0. The summed E-state index contributed by atoms with van der Waals surface area (Å²) >= 11 is 0. The third-order valence-electron chi connectivity index (χ3n) is 4.76. The maximum atomic E-state index is 6.13. The van der Waals surface area contributed by atoms with E-state index in [2.05, 4.69) is 42.0 Å². The number of nitrogens with one attached hydrogen (secondary N) is 1. The number of nitrogen functional groups attached to an aromatic ring is 1. The Hall–Kier alpha value is -1.13. The lowest BCUT2D eigenvalue weighted by Crippen LogP contribution is -2.53.